The highest BCUT2D eigenvalue weighted by atomic mass is 19.4. The van der Waals surface area contributed by atoms with Gasteiger partial charge in [0.05, 0.1) is 5.39 Å². The summed E-state index contributed by atoms with van der Waals surface area (Å²) in [4.78, 5) is 14.6. The molecule has 9 heteroatoms. The third-order valence-electron chi connectivity index (χ3n) is 4.35. The van der Waals surface area contributed by atoms with Gasteiger partial charge in [-0.3, -0.25) is 0 Å². The molecule has 0 atom stereocenters. The van der Waals surface area contributed by atoms with Crippen LogP contribution in [-0.2, 0) is 0 Å². The first-order chi connectivity index (χ1) is 12.9. The van der Waals surface area contributed by atoms with E-state index in [4.69, 9.17) is 0 Å². The van der Waals surface area contributed by atoms with E-state index in [1.807, 2.05) is 13.0 Å². The molecule has 0 bridgehead atoms. The van der Waals surface area contributed by atoms with Crippen molar-refractivity contribution in [1.82, 2.24) is 15.0 Å². The maximum atomic E-state index is 12.3. The molecule has 2 aromatic heterocycles. The molecule has 2 N–H and O–H groups in total. The zero-order valence-electron chi connectivity index (χ0n) is 14.6. The Morgan fingerprint density at radius 3 is 2.48 bits per heavy atom. The molecule has 0 radical (unpaired) electrons. The summed E-state index contributed by atoms with van der Waals surface area (Å²) in [5.74, 6) is 0.980. The second-order valence-electron chi connectivity index (χ2n) is 6.48. The molecule has 1 aliphatic rings. The highest BCUT2D eigenvalue weighted by Crippen LogP contribution is 2.30. The van der Waals surface area contributed by atoms with Crippen LogP contribution in [0.25, 0.3) is 11.0 Å². The number of aromatic nitrogens is 3. The van der Waals surface area contributed by atoms with Crippen molar-refractivity contribution in [3.05, 3.63) is 36.0 Å². The molecule has 4 rings (SSSR count). The van der Waals surface area contributed by atoms with Crippen molar-refractivity contribution >= 4 is 28.5 Å². The molecule has 0 amide bonds. The van der Waals surface area contributed by atoms with Gasteiger partial charge in [0.2, 0.25) is 5.95 Å². The van der Waals surface area contributed by atoms with Crippen LogP contribution in [0.15, 0.2) is 30.3 Å². The Labute approximate surface area is 153 Å². The smallest absolute Gasteiger partial charge is 0.406 e. The van der Waals surface area contributed by atoms with Crippen LogP contribution in [0.4, 0.5) is 30.6 Å². The first-order valence-electron chi connectivity index (χ1n) is 8.62. The number of anilines is 3. The number of hydrogen-bond donors (Lipinski definition) is 2. The van der Waals surface area contributed by atoms with Gasteiger partial charge in [0.1, 0.15) is 17.2 Å². The maximum Gasteiger partial charge on any atom is 0.573 e. The first kappa shape index (κ1) is 17.4. The summed E-state index contributed by atoms with van der Waals surface area (Å²) >= 11 is 0. The largest absolute Gasteiger partial charge is 0.573 e. The van der Waals surface area contributed by atoms with Gasteiger partial charge in [-0.2, -0.15) is 9.97 Å². The second-order valence-corrected chi connectivity index (χ2v) is 6.48. The number of rotatable bonds is 4. The minimum Gasteiger partial charge on any atom is -0.406 e. The van der Waals surface area contributed by atoms with Crippen LogP contribution >= 0.6 is 0 Å². The average molecular weight is 377 g/mol. The Morgan fingerprint density at radius 1 is 1.11 bits per heavy atom. The number of aryl methyl sites for hydroxylation is 1. The van der Waals surface area contributed by atoms with E-state index in [0.29, 0.717) is 17.5 Å². The monoisotopic (exact) mass is 377 g/mol. The fourth-order valence-electron chi connectivity index (χ4n) is 3.16. The summed E-state index contributed by atoms with van der Waals surface area (Å²) in [5.41, 5.74) is 2.29. The van der Waals surface area contributed by atoms with Gasteiger partial charge in [-0.15, -0.1) is 13.2 Å². The van der Waals surface area contributed by atoms with Gasteiger partial charge in [-0.05, 0) is 50.1 Å². The predicted octanol–water partition coefficient (Wildman–Crippen LogP) is 4.51. The molecule has 1 saturated heterocycles. The molecule has 27 heavy (non-hydrogen) atoms. The lowest BCUT2D eigenvalue weighted by Crippen LogP contribution is -2.20. The van der Waals surface area contributed by atoms with Crippen molar-refractivity contribution in [3.8, 4) is 5.75 Å². The predicted molar refractivity (Wildman–Crippen MR) is 96.5 cm³/mol. The summed E-state index contributed by atoms with van der Waals surface area (Å²) in [5, 5.41) is 4.00. The molecular formula is C18H18F3N5O. The zero-order chi connectivity index (χ0) is 19.0. The molecule has 0 spiro atoms. The summed E-state index contributed by atoms with van der Waals surface area (Å²) in [7, 11) is 0. The quantitative estimate of drug-likeness (QED) is 0.700. The van der Waals surface area contributed by atoms with Crippen LogP contribution < -0.4 is 15.0 Å². The molecule has 0 saturated carbocycles. The molecule has 1 aromatic carbocycles. The molecule has 3 heterocycles. The van der Waals surface area contributed by atoms with Gasteiger partial charge in [0.15, 0.2) is 0 Å². The third-order valence-corrected chi connectivity index (χ3v) is 4.35. The van der Waals surface area contributed by atoms with E-state index in [-0.39, 0.29) is 5.75 Å². The van der Waals surface area contributed by atoms with Crippen LogP contribution in [0, 0.1) is 6.92 Å². The fourth-order valence-corrected chi connectivity index (χ4v) is 3.16. The number of aromatic amines is 1. The normalized spacial score (nSPS) is 14.7. The minimum atomic E-state index is -4.71. The van der Waals surface area contributed by atoms with Crippen LogP contribution in [0.3, 0.4) is 0 Å². The Hall–Kier alpha value is -2.97. The number of halogens is 3. The summed E-state index contributed by atoms with van der Waals surface area (Å²) in [6.45, 7) is 3.76. The van der Waals surface area contributed by atoms with E-state index in [2.05, 4.69) is 29.9 Å². The summed E-state index contributed by atoms with van der Waals surface area (Å²) < 4.78 is 40.8. The van der Waals surface area contributed by atoms with E-state index < -0.39 is 6.36 Å². The second kappa shape index (κ2) is 6.64. The summed E-state index contributed by atoms with van der Waals surface area (Å²) in [6, 6.07) is 7.50. The topological polar surface area (TPSA) is 66.1 Å². The lowest BCUT2D eigenvalue weighted by atomic mass is 10.3. The lowest BCUT2D eigenvalue weighted by molar-refractivity contribution is -0.274. The highest BCUT2D eigenvalue weighted by Gasteiger charge is 2.31. The fraction of sp³-hybridized carbons (Fsp3) is 0.333. The molecule has 3 aromatic rings. The molecule has 1 aliphatic heterocycles. The molecule has 0 aliphatic carbocycles. The zero-order valence-corrected chi connectivity index (χ0v) is 14.6. The van der Waals surface area contributed by atoms with Crippen molar-refractivity contribution in [2.45, 2.75) is 26.1 Å². The standard InChI is InChI=1S/C18H18F3N5O/c1-11-10-14-15(22-11)24-17(26-8-2-3-9-26)25-16(14)23-12-4-6-13(7-5-12)27-18(19,20)21/h4-7,10H,2-3,8-9H2,1H3,(H2,22,23,24,25). The SMILES string of the molecule is Cc1cc2c(Nc3ccc(OC(F)(F)F)cc3)nc(N3CCCC3)nc2[nH]1. The van der Waals surface area contributed by atoms with Gasteiger partial charge in [0, 0.05) is 24.5 Å². The Bertz CT molecular complexity index is 946. The molecule has 142 valence electrons. The van der Waals surface area contributed by atoms with E-state index in [1.165, 1.54) is 24.3 Å². The number of nitrogens with one attached hydrogen (secondary N) is 2. The molecule has 6 nitrogen and oxygen atoms in total. The van der Waals surface area contributed by atoms with Gasteiger partial charge in [0.25, 0.3) is 0 Å². The average Bonchev–Trinajstić information content (AvgIpc) is 3.24. The Morgan fingerprint density at radius 2 is 1.81 bits per heavy atom. The van der Waals surface area contributed by atoms with Gasteiger partial charge < -0.3 is 19.9 Å². The molecule has 1 fully saturated rings. The minimum absolute atomic E-state index is 0.267. The number of benzene rings is 1. The van der Waals surface area contributed by atoms with Crippen LogP contribution in [0.2, 0.25) is 0 Å². The van der Waals surface area contributed by atoms with Gasteiger partial charge >= 0.3 is 6.36 Å². The number of fused-ring (bicyclic) bond motifs is 1. The lowest BCUT2D eigenvalue weighted by Gasteiger charge is -2.17. The third kappa shape index (κ3) is 3.91. The van der Waals surface area contributed by atoms with Gasteiger partial charge in [-0.1, -0.05) is 0 Å². The van der Waals surface area contributed by atoms with E-state index >= 15 is 0 Å². The Kier molecular flexibility index (Phi) is 4.29. The number of hydrogen-bond acceptors (Lipinski definition) is 5. The van der Waals surface area contributed by atoms with E-state index in [9.17, 15) is 13.2 Å². The number of alkyl halides is 3. The van der Waals surface area contributed by atoms with Gasteiger partial charge in [-0.25, -0.2) is 0 Å². The van der Waals surface area contributed by atoms with Crippen molar-refractivity contribution in [3.63, 3.8) is 0 Å². The maximum absolute atomic E-state index is 12.3. The Balaban J connectivity index is 1.64. The van der Waals surface area contributed by atoms with Crippen molar-refractivity contribution in [2.75, 3.05) is 23.3 Å². The van der Waals surface area contributed by atoms with E-state index in [1.54, 1.807) is 0 Å². The number of ether oxygens (including phenoxy) is 1. The van der Waals surface area contributed by atoms with E-state index in [0.717, 1.165) is 42.7 Å². The number of nitrogens with zero attached hydrogens (tertiary/aromatic N) is 3. The van der Waals surface area contributed by atoms with Crippen molar-refractivity contribution < 1.29 is 17.9 Å². The first-order valence-corrected chi connectivity index (χ1v) is 8.62. The van der Waals surface area contributed by atoms with Crippen molar-refractivity contribution in [1.29, 1.82) is 0 Å². The molecular weight excluding hydrogens is 359 g/mol. The molecule has 0 unspecified atom stereocenters. The van der Waals surface area contributed by atoms with Crippen molar-refractivity contribution in [2.24, 2.45) is 0 Å². The summed E-state index contributed by atoms with van der Waals surface area (Å²) in [6.07, 6.45) is -2.50. The number of H-pyrrole nitrogens is 1. The van der Waals surface area contributed by atoms with Crippen LogP contribution in [-0.4, -0.2) is 34.4 Å². The van der Waals surface area contributed by atoms with Crippen LogP contribution in [0.1, 0.15) is 18.5 Å². The van der Waals surface area contributed by atoms with Crippen LogP contribution in [0.5, 0.6) is 5.75 Å². The highest BCUT2D eigenvalue weighted by molar-refractivity contribution is 5.90.